The number of benzene rings is 2. The Morgan fingerprint density at radius 2 is 1.76 bits per heavy atom. The van der Waals surface area contributed by atoms with E-state index in [4.69, 9.17) is 0 Å². The van der Waals surface area contributed by atoms with Crippen LogP contribution in [0.2, 0.25) is 0 Å². The molecule has 17 heavy (non-hydrogen) atoms. The zero-order chi connectivity index (χ0) is 11.7. The maximum Gasteiger partial charge on any atom is 0.138 e. The molecule has 2 aromatic carbocycles. The summed E-state index contributed by atoms with van der Waals surface area (Å²) in [6.07, 6.45) is 1.84. The summed E-state index contributed by atoms with van der Waals surface area (Å²) in [7, 11) is 0. The molecule has 0 bridgehead atoms. The van der Waals surface area contributed by atoms with Crippen LogP contribution in [-0.4, -0.2) is 9.97 Å². The van der Waals surface area contributed by atoms with Crippen molar-refractivity contribution in [1.29, 1.82) is 0 Å². The summed E-state index contributed by atoms with van der Waals surface area (Å²) in [4.78, 5) is 7.87. The summed E-state index contributed by atoms with van der Waals surface area (Å²) in [5, 5.41) is 0. The Morgan fingerprint density at radius 1 is 1.00 bits per heavy atom. The van der Waals surface area contributed by atoms with Crippen molar-refractivity contribution in [1.82, 2.24) is 9.97 Å². The number of hydrogen-bond acceptors (Lipinski definition) is 1. The van der Waals surface area contributed by atoms with Gasteiger partial charge in [0.1, 0.15) is 5.82 Å². The number of fused-ring (bicyclic) bond motifs is 1. The highest BCUT2D eigenvalue weighted by atomic mass is 14.9. The minimum Gasteiger partial charge on any atom is -0.338 e. The van der Waals surface area contributed by atoms with Gasteiger partial charge in [-0.1, -0.05) is 49.1 Å². The van der Waals surface area contributed by atoms with Crippen LogP contribution in [0.5, 0.6) is 0 Å². The number of imidazole rings is 1. The summed E-state index contributed by atoms with van der Waals surface area (Å²) < 4.78 is 0. The van der Waals surface area contributed by atoms with Crippen molar-refractivity contribution in [3.8, 4) is 11.4 Å². The van der Waals surface area contributed by atoms with Crippen molar-refractivity contribution < 1.29 is 0 Å². The lowest BCUT2D eigenvalue weighted by Crippen LogP contribution is -1.80. The zero-order valence-corrected chi connectivity index (χ0v) is 9.35. The monoisotopic (exact) mass is 220 g/mol. The average molecular weight is 220 g/mol. The lowest BCUT2D eigenvalue weighted by Gasteiger charge is -1.97. The highest BCUT2D eigenvalue weighted by Gasteiger charge is 2.03. The predicted molar refractivity (Wildman–Crippen MR) is 71.6 cm³/mol. The molecule has 1 aromatic heterocycles. The van der Waals surface area contributed by atoms with Gasteiger partial charge in [-0.3, -0.25) is 0 Å². The van der Waals surface area contributed by atoms with E-state index in [2.05, 4.69) is 28.7 Å². The molecule has 1 N–H and O–H groups in total. The van der Waals surface area contributed by atoms with Crippen molar-refractivity contribution in [2.24, 2.45) is 0 Å². The fraction of sp³-hybridized carbons (Fsp3) is 0. The molecule has 0 amide bonds. The summed E-state index contributed by atoms with van der Waals surface area (Å²) in [6.45, 7) is 3.74. The minimum absolute atomic E-state index is 0.904. The number of para-hydroxylation sites is 2. The maximum atomic E-state index is 4.56. The van der Waals surface area contributed by atoms with E-state index >= 15 is 0 Å². The van der Waals surface area contributed by atoms with E-state index in [0.29, 0.717) is 0 Å². The molecular weight excluding hydrogens is 208 g/mol. The van der Waals surface area contributed by atoms with Gasteiger partial charge in [-0.15, -0.1) is 0 Å². The molecular formula is C15H12N2. The first kappa shape index (κ1) is 9.85. The van der Waals surface area contributed by atoms with E-state index in [1.807, 2.05) is 42.5 Å². The Kier molecular flexibility index (Phi) is 2.26. The first-order valence-electron chi connectivity index (χ1n) is 5.54. The molecule has 0 radical (unpaired) electrons. The fourth-order valence-corrected chi connectivity index (χ4v) is 1.87. The Hall–Kier alpha value is -2.35. The second kappa shape index (κ2) is 3.91. The number of nitrogens with one attached hydrogen (secondary N) is 1. The Bertz CT molecular complexity index is 630. The van der Waals surface area contributed by atoms with E-state index in [-0.39, 0.29) is 0 Å². The highest BCUT2D eigenvalue weighted by molar-refractivity contribution is 5.79. The molecule has 1 heterocycles. The molecule has 2 nitrogen and oxygen atoms in total. The number of hydrogen-bond donors (Lipinski definition) is 1. The summed E-state index contributed by atoms with van der Waals surface area (Å²) in [6, 6.07) is 16.2. The third kappa shape index (κ3) is 1.74. The number of H-pyrrole nitrogens is 1. The SMILES string of the molecule is C=Cc1ccc(-c2nc3ccccc3[nH]2)cc1. The van der Waals surface area contributed by atoms with Gasteiger partial charge in [-0.05, 0) is 17.7 Å². The Morgan fingerprint density at radius 3 is 2.47 bits per heavy atom. The molecule has 0 fully saturated rings. The van der Waals surface area contributed by atoms with Gasteiger partial charge in [0.15, 0.2) is 0 Å². The van der Waals surface area contributed by atoms with Gasteiger partial charge >= 0.3 is 0 Å². The maximum absolute atomic E-state index is 4.56. The van der Waals surface area contributed by atoms with Crippen LogP contribution < -0.4 is 0 Å². The van der Waals surface area contributed by atoms with Gasteiger partial charge in [-0.2, -0.15) is 0 Å². The number of nitrogens with zero attached hydrogens (tertiary/aromatic N) is 1. The van der Waals surface area contributed by atoms with E-state index < -0.39 is 0 Å². The molecule has 0 atom stereocenters. The molecule has 2 heteroatoms. The van der Waals surface area contributed by atoms with Crippen molar-refractivity contribution in [2.75, 3.05) is 0 Å². The quantitative estimate of drug-likeness (QED) is 0.697. The van der Waals surface area contributed by atoms with Crippen LogP contribution in [-0.2, 0) is 0 Å². The molecule has 0 saturated carbocycles. The van der Waals surface area contributed by atoms with Crippen LogP contribution in [0.3, 0.4) is 0 Å². The summed E-state index contributed by atoms with van der Waals surface area (Å²) in [5.74, 6) is 0.904. The van der Waals surface area contributed by atoms with Crippen LogP contribution in [0.4, 0.5) is 0 Å². The lowest BCUT2D eigenvalue weighted by molar-refractivity contribution is 1.33. The van der Waals surface area contributed by atoms with Gasteiger partial charge in [0.2, 0.25) is 0 Å². The zero-order valence-electron chi connectivity index (χ0n) is 9.35. The van der Waals surface area contributed by atoms with Crippen LogP contribution in [0.15, 0.2) is 55.1 Å². The smallest absolute Gasteiger partial charge is 0.138 e. The molecule has 0 unspecified atom stereocenters. The molecule has 0 spiro atoms. The second-order valence-electron chi connectivity index (χ2n) is 3.93. The number of aromatic amines is 1. The lowest BCUT2D eigenvalue weighted by atomic mass is 10.1. The molecule has 3 rings (SSSR count). The van der Waals surface area contributed by atoms with Gasteiger partial charge in [0.25, 0.3) is 0 Å². The number of rotatable bonds is 2. The average Bonchev–Trinajstić information content (AvgIpc) is 2.82. The van der Waals surface area contributed by atoms with E-state index in [9.17, 15) is 0 Å². The van der Waals surface area contributed by atoms with Gasteiger partial charge in [-0.25, -0.2) is 4.98 Å². The van der Waals surface area contributed by atoms with E-state index in [1.54, 1.807) is 0 Å². The molecule has 0 saturated heterocycles. The third-order valence-corrected chi connectivity index (χ3v) is 2.81. The standard InChI is InChI=1S/C15H12N2/c1-2-11-7-9-12(10-8-11)15-16-13-5-3-4-6-14(13)17-15/h2-10H,1H2,(H,16,17). The van der Waals surface area contributed by atoms with Gasteiger partial charge < -0.3 is 4.98 Å². The normalized spacial score (nSPS) is 10.6. The second-order valence-corrected chi connectivity index (χ2v) is 3.93. The van der Waals surface area contributed by atoms with Crippen LogP contribution in [0, 0.1) is 0 Å². The van der Waals surface area contributed by atoms with Crippen LogP contribution in [0.25, 0.3) is 28.5 Å². The van der Waals surface area contributed by atoms with Gasteiger partial charge in [0.05, 0.1) is 11.0 Å². The molecule has 0 aliphatic heterocycles. The first-order chi connectivity index (χ1) is 8.36. The molecule has 0 aliphatic rings. The first-order valence-corrected chi connectivity index (χ1v) is 5.54. The van der Waals surface area contributed by atoms with Crippen molar-refractivity contribution in [3.05, 3.63) is 60.7 Å². The van der Waals surface area contributed by atoms with Crippen molar-refractivity contribution >= 4 is 17.1 Å². The third-order valence-electron chi connectivity index (χ3n) is 2.81. The van der Waals surface area contributed by atoms with Crippen molar-refractivity contribution in [3.63, 3.8) is 0 Å². The topological polar surface area (TPSA) is 28.7 Å². The van der Waals surface area contributed by atoms with E-state index in [0.717, 1.165) is 28.0 Å². The summed E-state index contributed by atoms with van der Waals surface area (Å²) in [5.41, 5.74) is 4.27. The molecule has 0 aliphatic carbocycles. The summed E-state index contributed by atoms with van der Waals surface area (Å²) >= 11 is 0. The Labute approximate surface area is 99.6 Å². The molecule has 82 valence electrons. The van der Waals surface area contributed by atoms with Gasteiger partial charge in [0, 0.05) is 5.56 Å². The number of aromatic nitrogens is 2. The predicted octanol–water partition coefficient (Wildman–Crippen LogP) is 3.87. The molecule has 3 aromatic rings. The van der Waals surface area contributed by atoms with Crippen LogP contribution >= 0.6 is 0 Å². The largest absolute Gasteiger partial charge is 0.338 e. The van der Waals surface area contributed by atoms with Crippen molar-refractivity contribution in [2.45, 2.75) is 0 Å². The minimum atomic E-state index is 0.904. The van der Waals surface area contributed by atoms with Crippen LogP contribution in [0.1, 0.15) is 5.56 Å². The Balaban J connectivity index is 2.10. The highest BCUT2D eigenvalue weighted by Crippen LogP contribution is 2.20. The fourth-order valence-electron chi connectivity index (χ4n) is 1.87. The van der Waals surface area contributed by atoms with E-state index in [1.165, 1.54) is 0 Å².